The molecule has 0 fully saturated rings. The summed E-state index contributed by atoms with van der Waals surface area (Å²) in [5, 5.41) is 6.71. The number of hydrogen-bond acceptors (Lipinski definition) is 5. The van der Waals surface area contributed by atoms with Gasteiger partial charge in [-0.05, 0) is 26.0 Å². The lowest BCUT2D eigenvalue weighted by molar-refractivity contribution is -0.121. The smallest absolute Gasteiger partial charge is 0.224 e. The minimum absolute atomic E-state index is 0.0862. The van der Waals surface area contributed by atoms with Gasteiger partial charge >= 0.3 is 0 Å². The molecule has 6 nitrogen and oxygen atoms in total. The number of para-hydroxylation sites is 2. The number of nitrogens with one attached hydrogen (secondary N) is 1. The van der Waals surface area contributed by atoms with Crippen molar-refractivity contribution in [1.29, 1.82) is 0 Å². The first-order chi connectivity index (χ1) is 10.6. The van der Waals surface area contributed by atoms with Gasteiger partial charge in [0.1, 0.15) is 18.5 Å². The Morgan fingerprint density at radius 2 is 2.09 bits per heavy atom. The summed E-state index contributed by atoms with van der Waals surface area (Å²) in [5.41, 5.74) is 1.59. The monoisotopic (exact) mass is 302 g/mol. The molecule has 2 heterocycles. The molecule has 6 heteroatoms. The van der Waals surface area contributed by atoms with Gasteiger partial charge in [0.15, 0.2) is 11.5 Å². The van der Waals surface area contributed by atoms with Gasteiger partial charge in [0, 0.05) is 5.56 Å². The third-order valence-corrected chi connectivity index (χ3v) is 3.61. The van der Waals surface area contributed by atoms with Crippen molar-refractivity contribution in [2.24, 2.45) is 0 Å². The predicted molar refractivity (Wildman–Crippen MR) is 79.0 cm³/mol. The molecule has 1 aliphatic heterocycles. The molecule has 1 unspecified atom stereocenters. The molecule has 0 saturated carbocycles. The Morgan fingerprint density at radius 3 is 2.82 bits per heavy atom. The number of carbonyl (C=O) groups excluding carboxylic acids is 1. The lowest BCUT2D eigenvalue weighted by Gasteiger charge is -2.26. The van der Waals surface area contributed by atoms with Gasteiger partial charge in [-0.2, -0.15) is 0 Å². The molecule has 2 aromatic rings. The molecule has 1 aromatic carbocycles. The third-order valence-electron chi connectivity index (χ3n) is 3.61. The van der Waals surface area contributed by atoms with E-state index in [1.54, 1.807) is 6.92 Å². The number of benzene rings is 1. The molecule has 116 valence electrons. The summed E-state index contributed by atoms with van der Waals surface area (Å²) in [6.45, 7) is 4.45. The van der Waals surface area contributed by atoms with Crippen molar-refractivity contribution in [1.82, 2.24) is 10.5 Å². The van der Waals surface area contributed by atoms with Gasteiger partial charge in [0.25, 0.3) is 0 Å². The fourth-order valence-corrected chi connectivity index (χ4v) is 2.37. The number of carbonyl (C=O) groups is 1. The van der Waals surface area contributed by atoms with E-state index in [2.05, 4.69) is 10.5 Å². The average Bonchev–Trinajstić information content (AvgIpc) is 2.84. The van der Waals surface area contributed by atoms with E-state index in [1.807, 2.05) is 31.2 Å². The van der Waals surface area contributed by atoms with Gasteiger partial charge in [0.05, 0.1) is 18.7 Å². The number of fused-ring (bicyclic) bond motifs is 1. The van der Waals surface area contributed by atoms with Crippen LogP contribution in [0.3, 0.4) is 0 Å². The van der Waals surface area contributed by atoms with Crippen LogP contribution in [0.4, 0.5) is 0 Å². The topological polar surface area (TPSA) is 73.6 Å². The van der Waals surface area contributed by atoms with Crippen molar-refractivity contribution in [3.63, 3.8) is 0 Å². The van der Waals surface area contributed by atoms with Gasteiger partial charge in [0.2, 0.25) is 5.91 Å². The Hall–Kier alpha value is -2.50. The predicted octanol–water partition coefficient (Wildman–Crippen LogP) is 1.79. The van der Waals surface area contributed by atoms with E-state index in [0.29, 0.717) is 24.7 Å². The maximum absolute atomic E-state index is 12.0. The molecule has 1 atom stereocenters. The number of amides is 1. The van der Waals surface area contributed by atoms with Crippen LogP contribution in [0.15, 0.2) is 28.8 Å². The van der Waals surface area contributed by atoms with Crippen LogP contribution in [0, 0.1) is 13.8 Å². The second-order valence-electron chi connectivity index (χ2n) is 5.28. The highest BCUT2D eigenvalue weighted by Crippen LogP contribution is 2.30. The van der Waals surface area contributed by atoms with Crippen LogP contribution in [-0.4, -0.2) is 30.3 Å². The molecule has 3 rings (SSSR count). The Labute approximate surface area is 128 Å². The Balaban J connectivity index is 1.52. The number of ether oxygens (including phenoxy) is 2. The fraction of sp³-hybridized carbons (Fsp3) is 0.375. The summed E-state index contributed by atoms with van der Waals surface area (Å²) >= 11 is 0. The first-order valence-electron chi connectivity index (χ1n) is 7.20. The molecule has 0 bridgehead atoms. The Kier molecular flexibility index (Phi) is 4.00. The highest BCUT2D eigenvalue weighted by molar-refractivity contribution is 5.79. The van der Waals surface area contributed by atoms with Crippen molar-refractivity contribution in [3.05, 3.63) is 41.3 Å². The van der Waals surface area contributed by atoms with Gasteiger partial charge < -0.3 is 19.3 Å². The second-order valence-corrected chi connectivity index (χ2v) is 5.28. The van der Waals surface area contributed by atoms with Crippen molar-refractivity contribution in [2.75, 3.05) is 13.2 Å². The number of nitrogens with zero attached hydrogens (tertiary/aromatic N) is 1. The summed E-state index contributed by atoms with van der Waals surface area (Å²) in [6.07, 6.45) is 0.0641. The molecule has 1 aromatic heterocycles. The summed E-state index contributed by atoms with van der Waals surface area (Å²) in [7, 11) is 0. The van der Waals surface area contributed by atoms with E-state index in [9.17, 15) is 4.79 Å². The highest BCUT2D eigenvalue weighted by Gasteiger charge is 2.21. The number of rotatable bonds is 4. The number of hydrogen-bond donors (Lipinski definition) is 1. The molecule has 0 saturated heterocycles. The molecule has 0 aliphatic carbocycles. The fourth-order valence-electron chi connectivity index (χ4n) is 2.37. The Morgan fingerprint density at radius 1 is 1.32 bits per heavy atom. The van der Waals surface area contributed by atoms with E-state index in [4.69, 9.17) is 14.0 Å². The quantitative estimate of drug-likeness (QED) is 0.932. The minimum Gasteiger partial charge on any atom is -0.486 e. The minimum atomic E-state index is -0.191. The largest absolute Gasteiger partial charge is 0.486 e. The lowest BCUT2D eigenvalue weighted by atomic mass is 10.1. The lowest BCUT2D eigenvalue weighted by Crippen LogP contribution is -2.41. The first-order valence-corrected chi connectivity index (χ1v) is 7.20. The molecule has 22 heavy (non-hydrogen) atoms. The van der Waals surface area contributed by atoms with Crippen LogP contribution in [-0.2, 0) is 11.2 Å². The van der Waals surface area contributed by atoms with Gasteiger partial charge in [-0.1, -0.05) is 17.3 Å². The molecular weight excluding hydrogens is 284 g/mol. The van der Waals surface area contributed by atoms with E-state index < -0.39 is 0 Å². The van der Waals surface area contributed by atoms with Crippen LogP contribution in [0.2, 0.25) is 0 Å². The standard InChI is InChI=1S/C16H18N2O4/c1-10-13(11(2)22-18-10)7-16(19)17-8-12-9-20-14-5-3-4-6-15(14)21-12/h3-6,12H,7-9H2,1-2H3,(H,17,19). The van der Waals surface area contributed by atoms with Crippen LogP contribution >= 0.6 is 0 Å². The average molecular weight is 302 g/mol. The van der Waals surface area contributed by atoms with Crippen LogP contribution in [0.25, 0.3) is 0 Å². The van der Waals surface area contributed by atoms with E-state index >= 15 is 0 Å². The van der Waals surface area contributed by atoms with E-state index in [1.165, 1.54) is 0 Å². The summed E-state index contributed by atoms with van der Waals surface area (Å²) < 4.78 is 16.5. The SMILES string of the molecule is Cc1noc(C)c1CC(=O)NCC1COc2ccccc2O1. The van der Waals surface area contributed by atoms with Crippen LogP contribution in [0.1, 0.15) is 17.0 Å². The second kappa shape index (κ2) is 6.09. The van der Waals surface area contributed by atoms with E-state index in [-0.39, 0.29) is 18.4 Å². The van der Waals surface area contributed by atoms with Crippen molar-refractivity contribution in [3.8, 4) is 11.5 Å². The zero-order valence-electron chi connectivity index (χ0n) is 12.6. The molecular formula is C16H18N2O4. The van der Waals surface area contributed by atoms with Crippen molar-refractivity contribution >= 4 is 5.91 Å². The first kappa shape index (κ1) is 14.4. The number of aryl methyl sites for hydroxylation is 2. The van der Waals surface area contributed by atoms with E-state index in [0.717, 1.165) is 17.0 Å². The summed E-state index contributed by atoms with van der Waals surface area (Å²) in [6, 6.07) is 7.50. The zero-order chi connectivity index (χ0) is 15.5. The highest BCUT2D eigenvalue weighted by atomic mass is 16.6. The summed E-state index contributed by atoms with van der Waals surface area (Å²) in [4.78, 5) is 12.0. The number of aromatic nitrogens is 1. The van der Waals surface area contributed by atoms with Crippen molar-refractivity contribution < 1.29 is 18.8 Å². The summed E-state index contributed by atoms with van der Waals surface area (Å²) in [5.74, 6) is 2.04. The molecule has 1 aliphatic rings. The molecule has 0 spiro atoms. The molecule has 0 radical (unpaired) electrons. The maximum Gasteiger partial charge on any atom is 0.224 e. The van der Waals surface area contributed by atoms with Crippen molar-refractivity contribution in [2.45, 2.75) is 26.4 Å². The molecule has 1 N–H and O–H groups in total. The zero-order valence-corrected chi connectivity index (χ0v) is 12.6. The maximum atomic E-state index is 12.0. The van der Waals surface area contributed by atoms with Gasteiger partial charge in [-0.3, -0.25) is 4.79 Å². The van der Waals surface area contributed by atoms with Gasteiger partial charge in [-0.25, -0.2) is 0 Å². The normalized spacial score (nSPS) is 16.4. The molecule has 1 amide bonds. The third kappa shape index (κ3) is 3.05. The Bertz CT molecular complexity index is 661. The van der Waals surface area contributed by atoms with Gasteiger partial charge in [-0.15, -0.1) is 0 Å². The van der Waals surface area contributed by atoms with Crippen LogP contribution in [0.5, 0.6) is 11.5 Å². The van der Waals surface area contributed by atoms with Crippen LogP contribution < -0.4 is 14.8 Å².